The molecule has 1 aromatic rings. The fourth-order valence-corrected chi connectivity index (χ4v) is 4.16. The van der Waals surface area contributed by atoms with Crippen LogP contribution in [0.4, 0.5) is 5.95 Å². The molecule has 1 fully saturated rings. The Morgan fingerprint density at radius 1 is 1.05 bits per heavy atom. The number of imidazole rings is 1. The number of rotatable bonds is 1. The molecule has 3 heterocycles. The highest BCUT2D eigenvalue weighted by molar-refractivity contribution is 5.38. The van der Waals surface area contributed by atoms with Crippen LogP contribution >= 0.6 is 0 Å². The molecule has 2 atom stereocenters. The molecule has 2 unspecified atom stereocenters. The quantitative estimate of drug-likeness (QED) is 0.812. The summed E-state index contributed by atoms with van der Waals surface area (Å²) in [4.78, 5) is 4.87. The van der Waals surface area contributed by atoms with Crippen LogP contribution in [0.15, 0.2) is 0 Å². The predicted molar refractivity (Wildman–Crippen MR) is 76.6 cm³/mol. The lowest BCUT2D eigenvalue weighted by atomic mass is 9.88. The van der Waals surface area contributed by atoms with Crippen LogP contribution in [0.1, 0.15) is 49.5 Å². The summed E-state index contributed by atoms with van der Waals surface area (Å²) in [5.41, 5.74) is 2.92. The van der Waals surface area contributed by atoms with Gasteiger partial charge in [0, 0.05) is 18.3 Å². The zero-order chi connectivity index (χ0) is 12.7. The van der Waals surface area contributed by atoms with Crippen molar-refractivity contribution in [1.29, 1.82) is 0 Å². The lowest BCUT2D eigenvalue weighted by Crippen LogP contribution is -2.38. The van der Waals surface area contributed by atoms with Crippen LogP contribution in [-0.2, 0) is 12.8 Å². The summed E-state index contributed by atoms with van der Waals surface area (Å²) >= 11 is 0. The maximum Gasteiger partial charge on any atom is 0.203 e. The Bertz CT molecular complexity index is 459. The maximum atomic E-state index is 4.87. The molecule has 19 heavy (non-hydrogen) atoms. The minimum absolute atomic E-state index is 0.679. The van der Waals surface area contributed by atoms with Gasteiger partial charge >= 0.3 is 0 Å². The number of nitrogens with zero attached hydrogens (tertiary/aromatic N) is 2. The second kappa shape index (κ2) is 4.82. The molecule has 0 spiro atoms. The van der Waals surface area contributed by atoms with Gasteiger partial charge < -0.3 is 15.2 Å². The van der Waals surface area contributed by atoms with Crippen molar-refractivity contribution in [2.75, 3.05) is 25.0 Å². The fourth-order valence-electron chi connectivity index (χ4n) is 4.16. The number of piperidine rings is 1. The van der Waals surface area contributed by atoms with Gasteiger partial charge in [-0.05, 0) is 64.0 Å². The zero-order valence-corrected chi connectivity index (χ0v) is 11.6. The summed E-state index contributed by atoms with van der Waals surface area (Å²) in [6, 6.07) is 0.679. The number of anilines is 1. The number of nitrogens with one attached hydrogen (secondary N) is 2. The molecule has 4 rings (SSSR count). The summed E-state index contributed by atoms with van der Waals surface area (Å²) in [6.45, 7) is 3.49. The van der Waals surface area contributed by atoms with Crippen molar-refractivity contribution in [1.82, 2.24) is 14.9 Å². The van der Waals surface area contributed by atoms with Crippen molar-refractivity contribution < 1.29 is 0 Å². The zero-order valence-electron chi connectivity index (χ0n) is 11.6. The normalized spacial score (nSPS) is 30.3. The van der Waals surface area contributed by atoms with Crippen molar-refractivity contribution in [2.24, 2.45) is 5.92 Å². The number of aromatic nitrogens is 2. The topological polar surface area (TPSA) is 41.9 Å². The molecule has 0 aromatic carbocycles. The Morgan fingerprint density at radius 3 is 2.89 bits per heavy atom. The second-order valence-electron chi connectivity index (χ2n) is 6.30. The van der Waals surface area contributed by atoms with E-state index in [1.807, 2.05) is 0 Å². The van der Waals surface area contributed by atoms with Gasteiger partial charge in [-0.2, -0.15) is 0 Å². The molecule has 4 heteroatoms. The SMILES string of the molecule is C1CCc2c(nc3n2C(C2CCCNC2)CCN3)C1. The highest BCUT2D eigenvalue weighted by Crippen LogP contribution is 2.37. The monoisotopic (exact) mass is 260 g/mol. The Kier molecular flexibility index (Phi) is 2.98. The van der Waals surface area contributed by atoms with Gasteiger partial charge in [-0.3, -0.25) is 0 Å². The first kappa shape index (κ1) is 11.8. The van der Waals surface area contributed by atoms with E-state index in [4.69, 9.17) is 4.98 Å². The minimum Gasteiger partial charge on any atom is -0.356 e. The predicted octanol–water partition coefficient (Wildman–Crippen LogP) is 2.12. The van der Waals surface area contributed by atoms with Crippen molar-refractivity contribution in [3.8, 4) is 0 Å². The average Bonchev–Trinajstić information content (AvgIpc) is 2.86. The maximum absolute atomic E-state index is 4.87. The van der Waals surface area contributed by atoms with E-state index in [2.05, 4.69) is 15.2 Å². The third-order valence-corrected chi connectivity index (χ3v) is 5.10. The first-order valence-corrected chi connectivity index (χ1v) is 7.98. The number of fused-ring (bicyclic) bond motifs is 3. The second-order valence-corrected chi connectivity index (χ2v) is 6.30. The van der Waals surface area contributed by atoms with Gasteiger partial charge in [0.2, 0.25) is 5.95 Å². The average molecular weight is 260 g/mol. The van der Waals surface area contributed by atoms with Gasteiger partial charge in [0.15, 0.2) is 0 Å². The first-order valence-electron chi connectivity index (χ1n) is 7.98. The Morgan fingerprint density at radius 2 is 2.00 bits per heavy atom. The van der Waals surface area contributed by atoms with Crippen LogP contribution in [0, 0.1) is 5.92 Å². The third-order valence-electron chi connectivity index (χ3n) is 5.10. The van der Waals surface area contributed by atoms with E-state index in [1.165, 1.54) is 63.7 Å². The van der Waals surface area contributed by atoms with Crippen LogP contribution in [0.5, 0.6) is 0 Å². The smallest absolute Gasteiger partial charge is 0.203 e. The minimum atomic E-state index is 0.679. The van der Waals surface area contributed by atoms with E-state index >= 15 is 0 Å². The molecule has 2 N–H and O–H groups in total. The molecule has 0 amide bonds. The molecule has 1 aliphatic carbocycles. The van der Waals surface area contributed by atoms with Gasteiger partial charge in [0.1, 0.15) is 0 Å². The van der Waals surface area contributed by atoms with Gasteiger partial charge in [-0.15, -0.1) is 0 Å². The summed E-state index contributed by atoms with van der Waals surface area (Å²) in [5.74, 6) is 1.96. The molecule has 1 aromatic heterocycles. The van der Waals surface area contributed by atoms with Crippen molar-refractivity contribution in [3.05, 3.63) is 11.4 Å². The molecule has 2 aliphatic heterocycles. The van der Waals surface area contributed by atoms with Crippen molar-refractivity contribution in [3.63, 3.8) is 0 Å². The Labute approximate surface area is 115 Å². The summed E-state index contributed by atoms with van der Waals surface area (Å²) in [5, 5.41) is 7.10. The molecule has 0 radical (unpaired) electrons. The molecule has 3 aliphatic rings. The Hall–Kier alpha value is -1.03. The van der Waals surface area contributed by atoms with Crippen molar-refractivity contribution in [2.45, 2.75) is 51.0 Å². The van der Waals surface area contributed by atoms with E-state index in [9.17, 15) is 0 Å². The lowest BCUT2D eigenvalue weighted by molar-refractivity contribution is 0.246. The molecule has 0 saturated carbocycles. The molecule has 104 valence electrons. The van der Waals surface area contributed by atoms with E-state index in [0.29, 0.717) is 6.04 Å². The summed E-state index contributed by atoms with van der Waals surface area (Å²) in [7, 11) is 0. The van der Waals surface area contributed by atoms with Gasteiger partial charge in [-0.25, -0.2) is 4.98 Å². The van der Waals surface area contributed by atoms with E-state index < -0.39 is 0 Å². The highest BCUT2D eigenvalue weighted by Gasteiger charge is 2.32. The lowest BCUT2D eigenvalue weighted by Gasteiger charge is -2.36. The van der Waals surface area contributed by atoms with E-state index in [-0.39, 0.29) is 0 Å². The number of hydrogen-bond acceptors (Lipinski definition) is 3. The summed E-state index contributed by atoms with van der Waals surface area (Å²) in [6.07, 6.45) is 9.06. The molecular weight excluding hydrogens is 236 g/mol. The van der Waals surface area contributed by atoms with Crippen LogP contribution in [0.25, 0.3) is 0 Å². The fraction of sp³-hybridized carbons (Fsp3) is 0.800. The highest BCUT2D eigenvalue weighted by atomic mass is 15.3. The molecular formula is C15H24N4. The molecule has 4 nitrogen and oxygen atoms in total. The third kappa shape index (κ3) is 1.97. The van der Waals surface area contributed by atoms with Gasteiger partial charge in [0.25, 0.3) is 0 Å². The molecule has 1 saturated heterocycles. The first-order chi connectivity index (χ1) is 9.43. The van der Waals surface area contributed by atoms with Crippen LogP contribution in [-0.4, -0.2) is 29.2 Å². The Balaban J connectivity index is 1.70. The van der Waals surface area contributed by atoms with Crippen LogP contribution < -0.4 is 10.6 Å². The number of aryl methyl sites for hydroxylation is 1. The number of hydrogen-bond donors (Lipinski definition) is 2. The van der Waals surface area contributed by atoms with Gasteiger partial charge in [0.05, 0.1) is 5.69 Å². The van der Waals surface area contributed by atoms with E-state index in [0.717, 1.165) is 18.4 Å². The van der Waals surface area contributed by atoms with Gasteiger partial charge in [-0.1, -0.05) is 0 Å². The summed E-state index contributed by atoms with van der Waals surface area (Å²) < 4.78 is 2.58. The van der Waals surface area contributed by atoms with Crippen molar-refractivity contribution >= 4 is 5.95 Å². The van der Waals surface area contributed by atoms with E-state index in [1.54, 1.807) is 5.69 Å². The molecule has 0 bridgehead atoms. The van der Waals surface area contributed by atoms with Crippen LogP contribution in [0.2, 0.25) is 0 Å². The largest absolute Gasteiger partial charge is 0.356 e. The van der Waals surface area contributed by atoms with Crippen LogP contribution in [0.3, 0.4) is 0 Å². The standard InChI is InChI=1S/C15H24N4/c1-2-6-14-12(5-1)18-15-17-9-7-13(19(14)15)11-4-3-8-16-10-11/h11,13,16H,1-10H2,(H,17,18).